The fraction of sp³-hybridized carbons (Fsp3) is 0.462. The number of sulfonamides is 1. The van der Waals surface area contributed by atoms with E-state index in [0.29, 0.717) is 52.1 Å². The smallest absolute Gasteiger partial charge is 0.481 e. The summed E-state index contributed by atoms with van der Waals surface area (Å²) in [4.78, 5) is 34.1. The lowest BCUT2D eigenvalue weighted by Crippen LogP contribution is -2.38. The molecule has 1 saturated carbocycles. The molecule has 0 radical (unpaired) electrons. The number of methoxy groups -OCH3 is 1. The number of nitrogens with one attached hydrogen (secondary N) is 1. The molecule has 2 fully saturated rings. The van der Waals surface area contributed by atoms with E-state index in [1.54, 1.807) is 24.3 Å². The SMILES string of the molecule is COc1ccc2nc(NC(=O)C(CC3CCCC3)c3ccc(S(=O)(=O)N4CCC[C@@H]4OC(=O)O)cc3)sc2n1. The number of ether oxygens (including phenoxy) is 2. The first kappa shape index (κ1) is 27.3. The average Bonchev–Trinajstić information content (AvgIpc) is 3.67. The molecule has 2 aliphatic rings. The third-order valence-electron chi connectivity index (χ3n) is 7.31. The van der Waals surface area contributed by atoms with Crippen molar-refractivity contribution < 1.29 is 32.6 Å². The van der Waals surface area contributed by atoms with Crippen molar-refractivity contribution in [2.24, 2.45) is 5.92 Å². The van der Waals surface area contributed by atoms with Gasteiger partial charge in [0.2, 0.25) is 21.8 Å². The van der Waals surface area contributed by atoms with Crippen LogP contribution in [0, 0.1) is 5.92 Å². The number of aromatic nitrogens is 2. The molecule has 3 aromatic rings. The fourth-order valence-corrected chi connectivity index (χ4v) is 7.77. The van der Waals surface area contributed by atoms with Crippen molar-refractivity contribution in [2.45, 2.75) is 62.0 Å². The molecule has 0 bridgehead atoms. The summed E-state index contributed by atoms with van der Waals surface area (Å²) in [6, 6.07) is 9.78. The maximum absolute atomic E-state index is 13.5. The zero-order valence-electron chi connectivity index (χ0n) is 21.4. The summed E-state index contributed by atoms with van der Waals surface area (Å²) < 4.78 is 37.5. The molecule has 11 nitrogen and oxygen atoms in total. The summed E-state index contributed by atoms with van der Waals surface area (Å²) in [5.41, 5.74) is 1.36. The van der Waals surface area contributed by atoms with Crippen molar-refractivity contribution in [3.05, 3.63) is 42.0 Å². The lowest BCUT2D eigenvalue weighted by Gasteiger charge is -2.23. The number of carbonyl (C=O) groups excluding carboxylic acids is 1. The van der Waals surface area contributed by atoms with Crippen molar-refractivity contribution in [3.63, 3.8) is 0 Å². The van der Waals surface area contributed by atoms with Gasteiger partial charge in [0, 0.05) is 19.0 Å². The monoisotopic (exact) mass is 574 g/mol. The van der Waals surface area contributed by atoms with Crippen LogP contribution in [0.15, 0.2) is 41.3 Å². The van der Waals surface area contributed by atoms with Crippen LogP contribution >= 0.6 is 11.3 Å². The van der Waals surface area contributed by atoms with Crippen LogP contribution in [0.3, 0.4) is 0 Å². The number of anilines is 1. The summed E-state index contributed by atoms with van der Waals surface area (Å²) >= 11 is 1.26. The Balaban J connectivity index is 1.37. The number of pyridine rings is 1. The molecule has 0 spiro atoms. The Morgan fingerprint density at radius 1 is 1.10 bits per heavy atom. The predicted octanol–water partition coefficient (Wildman–Crippen LogP) is 4.81. The average molecular weight is 575 g/mol. The number of nitrogens with zero attached hydrogens (tertiary/aromatic N) is 3. The van der Waals surface area contributed by atoms with Crippen LogP contribution in [0.4, 0.5) is 9.93 Å². The minimum absolute atomic E-state index is 0.0263. The topological polar surface area (TPSA) is 148 Å². The van der Waals surface area contributed by atoms with Crippen LogP contribution < -0.4 is 10.1 Å². The molecule has 3 heterocycles. The molecule has 1 aromatic carbocycles. The molecular weight excluding hydrogens is 544 g/mol. The van der Waals surface area contributed by atoms with Crippen LogP contribution in [0.2, 0.25) is 0 Å². The Bertz CT molecular complexity index is 1450. The number of rotatable bonds is 9. The highest BCUT2D eigenvalue weighted by molar-refractivity contribution is 7.89. The Morgan fingerprint density at radius 2 is 1.85 bits per heavy atom. The van der Waals surface area contributed by atoms with Crippen molar-refractivity contribution in [1.82, 2.24) is 14.3 Å². The molecule has 1 saturated heterocycles. The van der Waals surface area contributed by atoms with Crippen LogP contribution in [0.25, 0.3) is 10.3 Å². The van der Waals surface area contributed by atoms with Crippen molar-refractivity contribution in [3.8, 4) is 5.88 Å². The molecule has 1 amide bonds. The summed E-state index contributed by atoms with van der Waals surface area (Å²) in [5, 5.41) is 12.3. The number of fused-ring (bicyclic) bond motifs is 1. The van der Waals surface area contributed by atoms with E-state index in [9.17, 15) is 18.0 Å². The minimum Gasteiger partial charge on any atom is -0.481 e. The fourth-order valence-electron chi connectivity index (χ4n) is 5.36. The Kier molecular flexibility index (Phi) is 8.01. The van der Waals surface area contributed by atoms with E-state index in [4.69, 9.17) is 14.6 Å². The number of amides is 1. The number of carbonyl (C=O) groups is 2. The number of hydrogen-bond acceptors (Lipinski definition) is 9. The molecule has 1 unspecified atom stereocenters. The number of hydrogen-bond donors (Lipinski definition) is 2. The molecule has 2 N–H and O–H groups in total. The zero-order chi connectivity index (χ0) is 27.6. The minimum atomic E-state index is -3.97. The van der Waals surface area contributed by atoms with Crippen LogP contribution in [0.5, 0.6) is 5.88 Å². The van der Waals surface area contributed by atoms with Gasteiger partial charge in [-0.1, -0.05) is 49.2 Å². The molecule has 5 rings (SSSR count). The van der Waals surface area contributed by atoms with E-state index in [1.165, 1.54) is 30.6 Å². The lowest BCUT2D eigenvalue weighted by atomic mass is 9.87. The Labute approximate surface area is 230 Å². The maximum atomic E-state index is 13.5. The molecule has 39 heavy (non-hydrogen) atoms. The second-order valence-electron chi connectivity index (χ2n) is 9.79. The molecule has 1 aliphatic heterocycles. The second kappa shape index (κ2) is 11.4. The van der Waals surface area contributed by atoms with Gasteiger partial charge >= 0.3 is 6.16 Å². The molecule has 1 aliphatic carbocycles. The van der Waals surface area contributed by atoms with Gasteiger partial charge in [0.25, 0.3) is 0 Å². The Morgan fingerprint density at radius 3 is 2.54 bits per heavy atom. The maximum Gasteiger partial charge on any atom is 0.507 e. The van der Waals surface area contributed by atoms with E-state index in [-0.39, 0.29) is 17.3 Å². The number of benzene rings is 1. The summed E-state index contributed by atoms with van der Waals surface area (Å²) in [6.45, 7) is 0.178. The van der Waals surface area contributed by atoms with E-state index < -0.39 is 28.3 Å². The van der Waals surface area contributed by atoms with Gasteiger partial charge in [-0.15, -0.1) is 0 Å². The highest BCUT2D eigenvalue weighted by atomic mass is 32.2. The summed E-state index contributed by atoms with van der Waals surface area (Å²) in [6.07, 6.45) is 3.29. The van der Waals surface area contributed by atoms with Gasteiger partial charge in [0.05, 0.1) is 17.9 Å². The standard InChI is InChI=1S/C26H30N4O7S2/c1-36-21-13-12-20-24(28-21)38-25(27-20)29-23(31)19(15-16-5-2-3-6-16)17-8-10-18(11-9-17)39(34,35)30-14-4-7-22(30)37-26(32)33/h8-13,16,19,22H,2-7,14-15H2,1H3,(H,32,33)(H,27,29,31)/t19?,22-/m0/s1. The van der Waals surface area contributed by atoms with Gasteiger partial charge in [0.15, 0.2) is 11.4 Å². The van der Waals surface area contributed by atoms with E-state index in [0.717, 1.165) is 30.0 Å². The van der Waals surface area contributed by atoms with Gasteiger partial charge in [-0.3, -0.25) is 4.79 Å². The van der Waals surface area contributed by atoms with Gasteiger partial charge < -0.3 is 19.9 Å². The van der Waals surface area contributed by atoms with Gasteiger partial charge in [-0.05, 0) is 42.5 Å². The van der Waals surface area contributed by atoms with Gasteiger partial charge in [0.1, 0.15) is 10.3 Å². The normalized spacial score (nSPS) is 19.3. The molecular formula is C26H30N4O7S2. The quantitative estimate of drug-likeness (QED) is 0.344. The first-order valence-corrected chi connectivity index (χ1v) is 15.1. The van der Waals surface area contributed by atoms with Crippen molar-refractivity contribution in [1.29, 1.82) is 0 Å². The third kappa shape index (κ3) is 5.99. The van der Waals surface area contributed by atoms with Gasteiger partial charge in [-0.25, -0.2) is 23.2 Å². The van der Waals surface area contributed by atoms with Crippen LogP contribution in [-0.2, 0) is 19.6 Å². The van der Waals surface area contributed by atoms with Crippen molar-refractivity contribution in [2.75, 3.05) is 19.0 Å². The first-order valence-electron chi connectivity index (χ1n) is 12.9. The molecule has 208 valence electrons. The second-order valence-corrected chi connectivity index (χ2v) is 12.7. The van der Waals surface area contributed by atoms with Crippen molar-refractivity contribution >= 4 is 48.9 Å². The molecule has 2 atom stereocenters. The first-order chi connectivity index (χ1) is 18.7. The number of thiazole rings is 1. The third-order valence-corrected chi connectivity index (χ3v) is 10.1. The van der Waals surface area contributed by atoms with E-state index >= 15 is 0 Å². The summed E-state index contributed by atoms with van der Waals surface area (Å²) in [7, 11) is -2.43. The predicted molar refractivity (Wildman–Crippen MR) is 144 cm³/mol. The van der Waals surface area contributed by atoms with Crippen LogP contribution in [0.1, 0.15) is 56.4 Å². The van der Waals surface area contributed by atoms with E-state index in [1.807, 2.05) is 0 Å². The molecule has 2 aromatic heterocycles. The zero-order valence-corrected chi connectivity index (χ0v) is 23.0. The Hall–Kier alpha value is -3.29. The van der Waals surface area contributed by atoms with Crippen LogP contribution in [-0.4, -0.2) is 59.7 Å². The van der Waals surface area contributed by atoms with Gasteiger partial charge in [-0.2, -0.15) is 4.31 Å². The van der Waals surface area contributed by atoms with E-state index in [2.05, 4.69) is 15.3 Å². The number of carboxylic acid groups (broad SMARTS) is 1. The molecule has 13 heteroatoms. The summed E-state index contributed by atoms with van der Waals surface area (Å²) in [5.74, 6) is 0.171. The highest BCUT2D eigenvalue weighted by Crippen LogP contribution is 2.36. The largest absolute Gasteiger partial charge is 0.507 e. The lowest BCUT2D eigenvalue weighted by molar-refractivity contribution is -0.118. The highest BCUT2D eigenvalue weighted by Gasteiger charge is 2.38.